The van der Waals surface area contributed by atoms with Crippen molar-refractivity contribution in [3.8, 4) is 0 Å². The molecule has 0 spiro atoms. The summed E-state index contributed by atoms with van der Waals surface area (Å²) in [5.74, 6) is 0. The number of nitro benzene ring substituents is 1. The summed E-state index contributed by atoms with van der Waals surface area (Å²) in [7, 11) is 0. The Morgan fingerprint density at radius 1 is 1.41 bits per heavy atom. The number of nitrogens with one attached hydrogen (secondary N) is 1. The number of nitrogens with zero attached hydrogens (tertiary/aromatic N) is 1. The van der Waals surface area contributed by atoms with Gasteiger partial charge in [0.25, 0.3) is 5.69 Å². The Morgan fingerprint density at radius 2 is 2.18 bits per heavy atom. The largest absolute Gasteiger partial charge is 0.392 e. The van der Waals surface area contributed by atoms with Gasteiger partial charge in [-0.3, -0.25) is 10.1 Å². The highest BCUT2D eigenvalue weighted by atomic mass is 16.6. The van der Waals surface area contributed by atoms with Crippen molar-refractivity contribution in [2.45, 2.75) is 38.0 Å². The van der Waals surface area contributed by atoms with E-state index in [1.807, 2.05) is 0 Å². The number of hydrogen-bond acceptors (Lipinski definition) is 4. The standard InChI is InChI=1S/C12H16N2O3/c15-12-7-3-5-10(12)13-8-9-4-1-2-6-11(9)14(16)17/h1-2,4,6,10,12-13,15H,3,5,7-8H2. The second-order valence-electron chi connectivity index (χ2n) is 4.37. The maximum absolute atomic E-state index is 10.8. The van der Waals surface area contributed by atoms with Gasteiger partial charge in [-0.15, -0.1) is 0 Å². The van der Waals surface area contributed by atoms with Crippen LogP contribution in [0.1, 0.15) is 24.8 Å². The molecule has 2 N–H and O–H groups in total. The molecule has 0 amide bonds. The van der Waals surface area contributed by atoms with Crippen LogP contribution in [-0.2, 0) is 6.54 Å². The molecule has 5 nitrogen and oxygen atoms in total. The lowest BCUT2D eigenvalue weighted by Gasteiger charge is -2.16. The van der Waals surface area contributed by atoms with Gasteiger partial charge in [0.05, 0.1) is 11.0 Å². The van der Waals surface area contributed by atoms with Crippen LogP contribution < -0.4 is 5.32 Å². The number of benzene rings is 1. The van der Waals surface area contributed by atoms with Crippen molar-refractivity contribution in [2.24, 2.45) is 0 Å². The van der Waals surface area contributed by atoms with Crippen LogP contribution in [0.3, 0.4) is 0 Å². The molecular formula is C12H16N2O3. The summed E-state index contributed by atoms with van der Waals surface area (Å²) in [6.45, 7) is 0.429. The third kappa shape index (κ3) is 2.81. The van der Waals surface area contributed by atoms with Gasteiger partial charge in [-0.05, 0) is 19.3 Å². The van der Waals surface area contributed by atoms with E-state index in [-0.39, 0.29) is 22.8 Å². The second kappa shape index (κ2) is 5.25. The number of rotatable bonds is 4. The monoisotopic (exact) mass is 236 g/mol. The molecule has 17 heavy (non-hydrogen) atoms. The summed E-state index contributed by atoms with van der Waals surface area (Å²) in [6.07, 6.45) is 2.43. The van der Waals surface area contributed by atoms with Crippen molar-refractivity contribution >= 4 is 5.69 Å². The molecule has 1 aromatic carbocycles. The van der Waals surface area contributed by atoms with Crippen LogP contribution in [0.4, 0.5) is 5.69 Å². The predicted molar refractivity (Wildman–Crippen MR) is 63.6 cm³/mol. The van der Waals surface area contributed by atoms with E-state index < -0.39 is 0 Å². The maximum Gasteiger partial charge on any atom is 0.273 e. The number of hydrogen-bond donors (Lipinski definition) is 2. The average Bonchev–Trinajstić information content (AvgIpc) is 2.72. The third-order valence-corrected chi connectivity index (χ3v) is 3.22. The molecule has 0 bridgehead atoms. The molecule has 5 heteroatoms. The Balaban J connectivity index is 2.01. The van der Waals surface area contributed by atoms with Gasteiger partial charge < -0.3 is 10.4 Å². The second-order valence-corrected chi connectivity index (χ2v) is 4.37. The first kappa shape index (κ1) is 12.0. The smallest absolute Gasteiger partial charge is 0.273 e. The number of nitro groups is 1. The summed E-state index contributed by atoms with van der Waals surface area (Å²) in [6, 6.07) is 6.75. The first-order chi connectivity index (χ1) is 8.18. The Kier molecular flexibility index (Phi) is 3.71. The maximum atomic E-state index is 10.8. The third-order valence-electron chi connectivity index (χ3n) is 3.22. The van der Waals surface area contributed by atoms with Crippen molar-refractivity contribution in [3.63, 3.8) is 0 Å². The minimum Gasteiger partial charge on any atom is -0.392 e. The van der Waals surface area contributed by atoms with Crippen molar-refractivity contribution in [1.29, 1.82) is 0 Å². The molecule has 2 rings (SSSR count). The van der Waals surface area contributed by atoms with Gasteiger partial charge in [0.2, 0.25) is 0 Å². The summed E-state index contributed by atoms with van der Waals surface area (Å²) < 4.78 is 0. The van der Waals surface area contributed by atoms with Crippen LogP contribution >= 0.6 is 0 Å². The molecule has 0 aromatic heterocycles. The first-order valence-corrected chi connectivity index (χ1v) is 5.82. The molecule has 1 aliphatic carbocycles. The van der Waals surface area contributed by atoms with E-state index in [0.29, 0.717) is 12.1 Å². The molecule has 92 valence electrons. The highest BCUT2D eigenvalue weighted by Crippen LogP contribution is 2.21. The fraction of sp³-hybridized carbons (Fsp3) is 0.500. The lowest BCUT2D eigenvalue weighted by molar-refractivity contribution is -0.385. The Bertz CT molecular complexity index is 408. The van der Waals surface area contributed by atoms with Gasteiger partial charge >= 0.3 is 0 Å². The zero-order valence-electron chi connectivity index (χ0n) is 9.50. The van der Waals surface area contributed by atoms with Gasteiger partial charge in [0.1, 0.15) is 0 Å². The molecule has 0 saturated heterocycles. The van der Waals surface area contributed by atoms with E-state index in [9.17, 15) is 15.2 Å². The summed E-state index contributed by atoms with van der Waals surface area (Å²) in [5.41, 5.74) is 0.795. The molecular weight excluding hydrogens is 220 g/mol. The van der Waals surface area contributed by atoms with Crippen molar-refractivity contribution in [2.75, 3.05) is 0 Å². The van der Waals surface area contributed by atoms with E-state index >= 15 is 0 Å². The zero-order chi connectivity index (χ0) is 12.3. The number of aliphatic hydroxyl groups excluding tert-OH is 1. The predicted octanol–water partition coefficient (Wildman–Crippen LogP) is 1.60. The van der Waals surface area contributed by atoms with Crippen LogP contribution in [0.2, 0.25) is 0 Å². The van der Waals surface area contributed by atoms with Crippen LogP contribution in [-0.4, -0.2) is 22.2 Å². The molecule has 0 radical (unpaired) electrons. The van der Waals surface area contributed by atoms with Crippen LogP contribution in [0, 0.1) is 10.1 Å². The van der Waals surface area contributed by atoms with E-state index in [1.54, 1.807) is 18.2 Å². The molecule has 1 saturated carbocycles. The molecule has 0 aliphatic heterocycles. The quantitative estimate of drug-likeness (QED) is 0.615. The minimum atomic E-state index is -0.373. The molecule has 2 atom stereocenters. The number of para-hydroxylation sites is 1. The van der Waals surface area contributed by atoms with E-state index in [4.69, 9.17) is 0 Å². The number of aliphatic hydroxyl groups is 1. The van der Waals surface area contributed by atoms with Gasteiger partial charge in [0, 0.05) is 24.2 Å². The van der Waals surface area contributed by atoms with Crippen LogP contribution in [0.25, 0.3) is 0 Å². The van der Waals surface area contributed by atoms with Crippen LogP contribution in [0.5, 0.6) is 0 Å². The van der Waals surface area contributed by atoms with E-state index in [0.717, 1.165) is 19.3 Å². The fourth-order valence-corrected chi connectivity index (χ4v) is 2.26. The lowest BCUT2D eigenvalue weighted by Crippen LogP contribution is -2.35. The highest BCUT2D eigenvalue weighted by molar-refractivity contribution is 5.39. The minimum absolute atomic E-state index is 0.0646. The Morgan fingerprint density at radius 3 is 2.82 bits per heavy atom. The first-order valence-electron chi connectivity index (χ1n) is 5.82. The molecule has 1 aromatic rings. The summed E-state index contributed by atoms with van der Waals surface area (Å²) in [4.78, 5) is 10.4. The molecule has 2 unspecified atom stereocenters. The highest BCUT2D eigenvalue weighted by Gasteiger charge is 2.25. The van der Waals surface area contributed by atoms with E-state index in [2.05, 4.69) is 5.32 Å². The SMILES string of the molecule is O=[N+]([O-])c1ccccc1CNC1CCCC1O. The summed E-state index contributed by atoms with van der Waals surface area (Å²) >= 11 is 0. The topological polar surface area (TPSA) is 75.4 Å². The Labute approximate surface area is 99.6 Å². The van der Waals surface area contributed by atoms with Crippen LogP contribution in [0.15, 0.2) is 24.3 Å². The normalized spacial score (nSPS) is 23.8. The molecule has 0 heterocycles. The average molecular weight is 236 g/mol. The fourth-order valence-electron chi connectivity index (χ4n) is 2.26. The molecule has 1 fully saturated rings. The van der Waals surface area contributed by atoms with Crippen molar-refractivity contribution in [1.82, 2.24) is 5.32 Å². The van der Waals surface area contributed by atoms with Crippen molar-refractivity contribution < 1.29 is 10.0 Å². The lowest BCUT2D eigenvalue weighted by atomic mass is 10.1. The Hall–Kier alpha value is -1.46. The van der Waals surface area contributed by atoms with Gasteiger partial charge in [-0.25, -0.2) is 0 Å². The summed E-state index contributed by atoms with van der Waals surface area (Å²) in [5, 5.41) is 23.6. The van der Waals surface area contributed by atoms with Gasteiger partial charge in [-0.1, -0.05) is 18.2 Å². The van der Waals surface area contributed by atoms with E-state index in [1.165, 1.54) is 6.07 Å². The van der Waals surface area contributed by atoms with Gasteiger partial charge in [0.15, 0.2) is 0 Å². The zero-order valence-corrected chi connectivity index (χ0v) is 9.50. The van der Waals surface area contributed by atoms with Crippen molar-refractivity contribution in [3.05, 3.63) is 39.9 Å². The molecule has 1 aliphatic rings. The van der Waals surface area contributed by atoms with Gasteiger partial charge in [-0.2, -0.15) is 0 Å².